The molecule has 186 valence electrons. The topological polar surface area (TPSA) is 183 Å². The summed E-state index contributed by atoms with van der Waals surface area (Å²) >= 11 is 0. The number of benzene rings is 1. The van der Waals surface area contributed by atoms with Crippen LogP contribution in [0.15, 0.2) is 34.2 Å². The number of oxime groups is 1. The van der Waals surface area contributed by atoms with Crippen LogP contribution in [0.25, 0.3) is 5.76 Å². The summed E-state index contributed by atoms with van der Waals surface area (Å²) in [5.41, 5.74) is 3.19. The molecule has 0 aromatic heterocycles. The van der Waals surface area contributed by atoms with Gasteiger partial charge in [0, 0.05) is 17.1 Å². The van der Waals surface area contributed by atoms with Crippen LogP contribution in [0, 0.1) is 11.8 Å². The number of nitrogens with zero attached hydrogens (tertiary/aromatic N) is 2. The van der Waals surface area contributed by atoms with Crippen molar-refractivity contribution in [1.29, 1.82) is 0 Å². The number of amides is 1. The van der Waals surface area contributed by atoms with E-state index in [1.54, 1.807) is 27.1 Å². The lowest BCUT2D eigenvalue weighted by atomic mass is 9.57. The lowest BCUT2D eigenvalue weighted by Crippen LogP contribution is -2.65. The number of aromatic hydroxyl groups is 1. The Bertz CT molecular complexity index is 1260. The van der Waals surface area contributed by atoms with E-state index >= 15 is 0 Å². The molecular formula is C24H27N3O8. The van der Waals surface area contributed by atoms with Crippen LogP contribution in [0.3, 0.4) is 0 Å². The second kappa shape index (κ2) is 8.21. The second-order valence-corrected chi connectivity index (χ2v) is 9.31. The smallest absolute Gasteiger partial charge is 0.255 e. The van der Waals surface area contributed by atoms with E-state index in [4.69, 9.17) is 10.6 Å². The van der Waals surface area contributed by atoms with E-state index in [1.165, 1.54) is 18.1 Å². The molecule has 4 rings (SSSR count). The van der Waals surface area contributed by atoms with E-state index in [-0.39, 0.29) is 29.7 Å². The first-order chi connectivity index (χ1) is 16.4. The average molecular weight is 485 g/mol. The molecule has 4 atom stereocenters. The molecule has 11 nitrogen and oxygen atoms in total. The SMILES string of the molecule is CO/N=C(/C)c1ccc(O)c2c1C[C@H]1C[C@H]3[C@H](N(C)C)C(=O)C(C(N)=O)=C(O)[C@@]3(O)C(=O)C1=C2O. The van der Waals surface area contributed by atoms with Gasteiger partial charge in [0.25, 0.3) is 5.91 Å². The number of fused-ring (bicyclic) bond motifs is 3. The number of phenolic OH excluding ortho intramolecular Hbond substituents is 1. The van der Waals surface area contributed by atoms with E-state index in [0.29, 0.717) is 16.8 Å². The predicted octanol–water partition coefficient (Wildman–Crippen LogP) is 0.334. The quantitative estimate of drug-likeness (QED) is 0.228. The van der Waals surface area contributed by atoms with Crippen LogP contribution in [0.1, 0.15) is 30.0 Å². The van der Waals surface area contributed by atoms with Crippen molar-refractivity contribution in [2.75, 3.05) is 21.2 Å². The summed E-state index contributed by atoms with van der Waals surface area (Å²) in [5, 5.41) is 48.1. The van der Waals surface area contributed by atoms with Gasteiger partial charge in [-0.2, -0.15) is 0 Å². The van der Waals surface area contributed by atoms with Crippen molar-refractivity contribution in [3.63, 3.8) is 0 Å². The fraction of sp³-hybridized carbons (Fsp3) is 0.417. The fourth-order valence-corrected chi connectivity index (χ4v) is 5.77. The Morgan fingerprint density at radius 1 is 1.23 bits per heavy atom. The largest absolute Gasteiger partial charge is 0.508 e. The summed E-state index contributed by atoms with van der Waals surface area (Å²) < 4.78 is 0. The maximum atomic E-state index is 13.8. The Labute approximate surface area is 200 Å². The summed E-state index contributed by atoms with van der Waals surface area (Å²) in [6.45, 7) is 1.69. The standard InChI is InChI=1S/C24H27N3O8/c1-9(26-35-4)11-5-6-14(28)16-12(11)7-10-8-13-18(27(2)3)20(30)17(23(25)33)22(32)24(13,34)21(31)15(10)19(16)29/h5-6,10,13,18,28-29,32,34H,7-8H2,1-4H3,(H2,25,33)/b26-9-/t10-,13-,18-,24-/m0/s1. The van der Waals surface area contributed by atoms with Gasteiger partial charge in [-0.05, 0) is 57.5 Å². The molecule has 0 saturated heterocycles. The van der Waals surface area contributed by atoms with Crippen molar-refractivity contribution < 1.29 is 39.6 Å². The molecule has 1 aromatic carbocycles. The van der Waals surface area contributed by atoms with Crippen LogP contribution in [0.2, 0.25) is 0 Å². The van der Waals surface area contributed by atoms with E-state index < -0.39 is 58.0 Å². The zero-order chi connectivity index (χ0) is 26.0. The zero-order valence-corrected chi connectivity index (χ0v) is 19.7. The summed E-state index contributed by atoms with van der Waals surface area (Å²) in [6, 6.07) is 1.83. The summed E-state index contributed by atoms with van der Waals surface area (Å²) in [6.07, 6.45) is 0.191. The number of carbonyl (C=O) groups is 3. The third-order valence-corrected chi connectivity index (χ3v) is 7.22. The minimum absolute atomic E-state index is 0.00411. The van der Waals surface area contributed by atoms with Gasteiger partial charge in [0.2, 0.25) is 5.78 Å². The molecule has 11 heteroatoms. The fourth-order valence-electron chi connectivity index (χ4n) is 5.77. The van der Waals surface area contributed by atoms with Gasteiger partial charge in [-0.3, -0.25) is 19.3 Å². The highest BCUT2D eigenvalue weighted by Gasteiger charge is 2.64. The molecule has 3 aliphatic carbocycles. The maximum absolute atomic E-state index is 13.8. The van der Waals surface area contributed by atoms with Gasteiger partial charge in [0.1, 0.15) is 30.0 Å². The monoisotopic (exact) mass is 485 g/mol. The lowest BCUT2D eigenvalue weighted by Gasteiger charge is -2.50. The Balaban J connectivity index is 1.98. The van der Waals surface area contributed by atoms with Crippen LogP contribution in [0.5, 0.6) is 5.75 Å². The number of ketones is 2. The molecule has 0 unspecified atom stereocenters. The van der Waals surface area contributed by atoms with Gasteiger partial charge >= 0.3 is 0 Å². The van der Waals surface area contributed by atoms with Crippen molar-refractivity contribution in [2.24, 2.45) is 22.7 Å². The molecular weight excluding hydrogens is 458 g/mol. The van der Waals surface area contributed by atoms with E-state index in [1.807, 2.05) is 0 Å². The van der Waals surface area contributed by atoms with Crippen LogP contribution >= 0.6 is 0 Å². The third-order valence-electron chi connectivity index (χ3n) is 7.22. The molecule has 0 spiro atoms. The number of phenols is 1. The Kier molecular flexibility index (Phi) is 5.73. The molecule has 0 heterocycles. The molecule has 0 radical (unpaired) electrons. The molecule has 1 amide bonds. The summed E-state index contributed by atoms with van der Waals surface area (Å²) in [4.78, 5) is 45.2. The number of hydrogen-bond donors (Lipinski definition) is 5. The predicted molar refractivity (Wildman–Crippen MR) is 123 cm³/mol. The maximum Gasteiger partial charge on any atom is 0.255 e. The number of aliphatic hydroxyl groups is 3. The first-order valence-electron chi connectivity index (χ1n) is 11.0. The number of carbonyl (C=O) groups excluding carboxylic acids is 3. The second-order valence-electron chi connectivity index (χ2n) is 9.31. The molecule has 1 aromatic rings. The van der Waals surface area contributed by atoms with Crippen molar-refractivity contribution in [2.45, 2.75) is 31.4 Å². The van der Waals surface area contributed by atoms with Gasteiger partial charge in [0.05, 0.1) is 17.3 Å². The number of Topliss-reactive ketones (excluding diaryl/α,β-unsaturated/α-hetero) is 2. The minimum atomic E-state index is -2.66. The number of nitrogens with two attached hydrogens (primary N) is 1. The number of primary amides is 1. The number of hydrogen-bond acceptors (Lipinski definition) is 10. The van der Waals surface area contributed by atoms with Gasteiger partial charge in [-0.25, -0.2) is 0 Å². The normalized spacial score (nSPS) is 28.6. The molecule has 3 aliphatic rings. The van der Waals surface area contributed by atoms with Gasteiger partial charge < -0.3 is 31.0 Å². The number of rotatable bonds is 4. The van der Waals surface area contributed by atoms with Gasteiger partial charge in [-0.1, -0.05) is 5.16 Å². The van der Waals surface area contributed by atoms with Crippen LogP contribution in [-0.2, 0) is 25.6 Å². The van der Waals surface area contributed by atoms with Crippen LogP contribution < -0.4 is 5.73 Å². The Hall–Kier alpha value is -3.70. The molecule has 0 bridgehead atoms. The van der Waals surface area contributed by atoms with Crippen LogP contribution in [-0.4, -0.2) is 81.4 Å². The number of aliphatic hydroxyl groups excluding tert-OH is 2. The summed E-state index contributed by atoms with van der Waals surface area (Å²) in [5.74, 6) is -6.86. The lowest BCUT2D eigenvalue weighted by molar-refractivity contribution is -0.153. The van der Waals surface area contributed by atoms with E-state index in [9.17, 15) is 34.8 Å². The zero-order valence-electron chi connectivity index (χ0n) is 19.7. The molecule has 1 saturated carbocycles. The van der Waals surface area contributed by atoms with Crippen LogP contribution in [0.4, 0.5) is 0 Å². The number of likely N-dealkylation sites (N-methyl/N-ethyl adjacent to an activating group) is 1. The highest BCUT2D eigenvalue weighted by molar-refractivity contribution is 6.24. The Morgan fingerprint density at radius 3 is 2.46 bits per heavy atom. The molecule has 6 N–H and O–H groups in total. The Morgan fingerprint density at radius 2 is 1.89 bits per heavy atom. The first kappa shape index (κ1) is 24.4. The van der Waals surface area contributed by atoms with Gasteiger partial charge in [0.15, 0.2) is 11.4 Å². The molecule has 0 aliphatic heterocycles. The highest BCUT2D eigenvalue weighted by atomic mass is 16.6. The van der Waals surface area contributed by atoms with Crippen molar-refractivity contribution >= 4 is 28.9 Å². The summed E-state index contributed by atoms with van der Waals surface area (Å²) in [7, 11) is 4.48. The highest BCUT2D eigenvalue weighted by Crippen LogP contribution is 2.52. The van der Waals surface area contributed by atoms with Crippen molar-refractivity contribution in [3.05, 3.63) is 45.7 Å². The third kappa shape index (κ3) is 3.26. The van der Waals surface area contributed by atoms with Gasteiger partial charge in [-0.15, -0.1) is 0 Å². The average Bonchev–Trinajstić information content (AvgIpc) is 2.76. The van der Waals surface area contributed by atoms with E-state index in [0.717, 1.165) is 0 Å². The first-order valence-corrected chi connectivity index (χ1v) is 11.0. The van der Waals surface area contributed by atoms with E-state index in [2.05, 4.69) is 5.16 Å². The van der Waals surface area contributed by atoms with Crippen molar-refractivity contribution in [1.82, 2.24) is 4.90 Å². The molecule has 35 heavy (non-hydrogen) atoms. The minimum Gasteiger partial charge on any atom is -0.508 e. The van der Waals surface area contributed by atoms with Crippen molar-refractivity contribution in [3.8, 4) is 5.75 Å². The molecule has 1 fully saturated rings.